The lowest BCUT2D eigenvalue weighted by Gasteiger charge is -2.06. The van der Waals surface area contributed by atoms with Crippen LogP contribution in [0, 0.1) is 27.2 Å². The molecular formula is C18H16N4O6. The summed E-state index contributed by atoms with van der Waals surface area (Å²) in [5.41, 5.74) is 2.99. The van der Waals surface area contributed by atoms with Gasteiger partial charge in [-0.1, -0.05) is 18.2 Å². The number of para-hydroxylation sites is 1. The van der Waals surface area contributed by atoms with Crippen molar-refractivity contribution in [3.63, 3.8) is 0 Å². The second-order valence-electron chi connectivity index (χ2n) is 5.51. The maximum Gasteiger partial charge on any atom is 0.311 e. The lowest BCUT2D eigenvalue weighted by Crippen LogP contribution is -2.24. The second kappa shape index (κ2) is 9.57. The van der Waals surface area contributed by atoms with Crippen molar-refractivity contribution >= 4 is 29.6 Å². The quantitative estimate of drug-likeness (QED) is 0.422. The van der Waals surface area contributed by atoms with Crippen LogP contribution in [0.2, 0.25) is 0 Å². The topological polar surface area (TPSA) is 137 Å². The maximum absolute atomic E-state index is 11.7. The maximum atomic E-state index is 11.7. The number of nitrogens with zero attached hydrogens (tertiary/aromatic N) is 3. The van der Waals surface area contributed by atoms with E-state index < -0.39 is 22.4 Å². The van der Waals surface area contributed by atoms with Crippen LogP contribution >= 0.6 is 0 Å². The zero-order valence-electron chi connectivity index (χ0n) is 14.8. The average molecular weight is 384 g/mol. The van der Waals surface area contributed by atoms with Gasteiger partial charge >= 0.3 is 5.69 Å². The summed E-state index contributed by atoms with van der Waals surface area (Å²) in [6.07, 6.45) is 4.14. The van der Waals surface area contributed by atoms with Crippen LogP contribution in [0.1, 0.15) is 11.1 Å². The molecule has 0 atom stereocenters. The van der Waals surface area contributed by atoms with Crippen LogP contribution in [0.3, 0.4) is 0 Å². The summed E-state index contributed by atoms with van der Waals surface area (Å²) >= 11 is 0. The molecule has 2 rings (SSSR count). The van der Waals surface area contributed by atoms with Crippen LogP contribution in [0.5, 0.6) is 5.75 Å². The van der Waals surface area contributed by atoms with Gasteiger partial charge in [-0.15, -0.1) is 0 Å². The van der Waals surface area contributed by atoms with E-state index in [4.69, 9.17) is 4.74 Å². The zero-order chi connectivity index (χ0) is 20.5. The number of aryl methyl sites for hydroxylation is 1. The predicted octanol–water partition coefficient (Wildman–Crippen LogP) is 3.01. The summed E-state index contributed by atoms with van der Waals surface area (Å²) in [4.78, 5) is 32.5. The molecule has 0 aliphatic heterocycles. The highest BCUT2D eigenvalue weighted by Gasteiger charge is 2.16. The average Bonchev–Trinajstić information content (AvgIpc) is 2.66. The molecule has 0 spiro atoms. The SMILES string of the molecule is Cc1ccc(OCC(=O)NN=CC=Cc2ccccc2[N+](=O)[O-])c([N+](=O)[O-])c1. The molecule has 0 bridgehead atoms. The van der Waals surface area contributed by atoms with E-state index in [1.165, 1.54) is 36.6 Å². The number of carbonyl (C=O) groups excluding carboxylic acids is 1. The van der Waals surface area contributed by atoms with Gasteiger partial charge in [0.15, 0.2) is 12.4 Å². The van der Waals surface area contributed by atoms with Gasteiger partial charge in [0, 0.05) is 18.3 Å². The van der Waals surface area contributed by atoms with Crippen molar-refractivity contribution < 1.29 is 19.4 Å². The molecule has 2 aromatic carbocycles. The highest BCUT2D eigenvalue weighted by molar-refractivity contribution is 5.82. The Bertz CT molecular complexity index is 955. The standard InChI is InChI=1S/C18H16N4O6/c1-13-8-9-17(16(11-13)22(26)27)28-12-18(23)20-19-10-4-6-14-5-2-3-7-15(14)21(24)25/h2-11H,12H2,1H3,(H,20,23). The molecule has 0 heterocycles. The van der Waals surface area contributed by atoms with Gasteiger partial charge in [0.25, 0.3) is 11.6 Å². The minimum absolute atomic E-state index is 0.0222. The molecule has 0 aromatic heterocycles. The fourth-order valence-electron chi connectivity index (χ4n) is 2.16. The van der Waals surface area contributed by atoms with Crippen molar-refractivity contribution in [1.29, 1.82) is 0 Å². The van der Waals surface area contributed by atoms with Crippen molar-refractivity contribution in [3.8, 4) is 5.75 Å². The number of rotatable bonds is 8. The molecule has 28 heavy (non-hydrogen) atoms. The van der Waals surface area contributed by atoms with Crippen LogP contribution in [0.25, 0.3) is 6.08 Å². The number of allylic oxidation sites excluding steroid dienone is 1. The smallest absolute Gasteiger partial charge is 0.311 e. The van der Waals surface area contributed by atoms with Crippen molar-refractivity contribution in [2.45, 2.75) is 6.92 Å². The third-order valence-corrected chi connectivity index (χ3v) is 3.43. The largest absolute Gasteiger partial charge is 0.477 e. The number of ether oxygens (including phenoxy) is 1. The van der Waals surface area contributed by atoms with Gasteiger partial charge in [0.05, 0.1) is 15.4 Å². The third kappa shape index (κ3) is 5.73. The molecule has 0 radical (unpaired) electrons. The highest BCUT2D eigenvalue weighted by Crippen LogP contribution is 2.27. The molecule has 1 amide bonds. The lowest BCUT2D eigenvalue weighted by atomic mass is 10.2. The molecular weight excluding hydrogens is 368 g/mol. The molecule has 10 nitrogen and oxygen atoms in total. The van der Waals surface area contributed by atoms with Crippen molar-refractivity contribution in [2.75, 3.05) is 6.61 Å². The molecule has 0 unspecified atom stereocenters. The van der Waals surface area contributed by atoms with E-state index in [9.17, 15) is 25.0 Å². The Kier molecular flexibility index (Phi) is 6.92. The minimum atomic E-state index is -0.620. The Hall–Kier alpha value is -4.08. The summed E-state index contributed by atoms with van der Waals surface area (Å²) < 4.78 is 5.16. The van der Waals surface area contributed by atoms with Gasteiger partial charge in [-0.3, -0.25) is 25.0 Å². The summed E-state index contributed by atoms with van der Waals surface area (Å²) in [6.45, 7) is 1.24. The number of nitrogens with one attached hydrogen (secondary N) is 1. The van der Waals surface area contributed by atoms with Crippen molar-refractivity contribution in [3.05, 3.63) is 79.9 Å². The number of hydrogen-bond donors (Lipinski definition) is 1. The van der Waals surface area contributed by atoms with Gasteiger partial charge in [0.2, 0.25) is 0 Å². The Morgan fingerprint density at radius 3 is 2.57 bits per heavy atom. The monoisotopic (exact) mass is 384 g/mol. The number of amides is 1. The van der Waals surface area contributed by atoms with E-state index in [0.717, 1.165) is 0 Å². The summed E-state index contributed by atoms with van der Waals surface area (Å²) in [5.74, 6) is -0.642. The van der Waals surface area contributed by atoms with Crippen LogP contribution < -0.4 is 10.2 Å². The Morgan fingerprint density at radius 1 is 1.14 bits per heavy atom. The number of carbonyl (C=O) groups is 1. The molecule has 0 aliphatic rings. The highest BCUT2D eigenvalue weighted by atomic mass is 16.6. The normalized spacial score (nSPS) is 10.9. The molecule has 144 valence electrons. The molecule has 1 N–H and O–H groups in total. The first-order valence-electron chi connectivity index (χ1n) is 7.98. The van der Waals surface area contributed by atoms with Crippen LogP contribution in [0.4, 0.5) is 11.4 Å². The number of hydrogen-bond acceptors (Lipinski definition) is 7. The van der Waals surface area contributed by atoms with Crippen molar-refractivity contribution in [2.24, 2.45) is 5.10 Å². The van der Waals surface area contributed by atoms with Crippen LogP contribution in [-0.4, -0.2) is 28.6 Å². The van der Waals surface area contributed by atoms with E-state index in [1.54, 1.807) is 31.2 Å². The van der Waals surface area contributed by atoms with Gasteiger partial charge in [0.1, 0.15) is 0 Å². The Balaban J connectivity index is 1.88. The van der Waals surface area contributed by atoms with E-state index in [1.807, 2.05) is 0 Å². The Labute approximate surface area is 159 Å². The van der Waals surface area contributed by atoms with Crippen molar-refractivity contribution in [1.82, 2.24) is 5.43 Å². The van der Waals surface area contributed by atoms with E-state index in [2.05, 4.69) is 10.5 Å². The molecule has 10 heteroatoms. The van der Waals surface area contributed by atoms with E-state index >= 15 is 0 Å². The lowest BCUT2D eigenvalue weighted by molar-refractivity contribution is -0.385. The van der Waals surface area contributed by atoms with Gasteiger partial charge < -0.3 is 4.74 Å². The summed E-state index contributed by atoms with van der Waals surface area (Å²) in [6, 6.07) is 10.6. The number of hydrazone groups is 1. The van der Waals surface area contributed by atoms with E-state index in [-0.39, 0.29) is 17.1 Å². The van der Waals surface area contributed by atoms with Crippen LogP contribution in [-0.2, 0) is 4.79 Å². The minimum Gasteiger partial charge on any atom is -0.477 e. The number of benzene rings is 2. The molecule has 0 saturated heterocycles. The van der Waals surface area contributed by atoms with E-state index in [0.29, 0.717) is 11.1 Å². The molecule has 0 saturated carbocycles. The zero-order valence-corrected chi connectivity index (χ0v) is 14.8. The van der Waals surface area contributed by atoms with Crippen LogP contribution in [0.15, 0.2) is 53.6 Å². The summed E-state index contributed by atoms with van der Waals surface area (Å²) in [5, 5.41) is 25.5. The predicted molar refractivity (Wildman–Crippen MR) is 102 cm³/mol. The molecule has 0 aliphatic carbocycles. The number of nitro benzene ring substituents is 2. The first kappa shape index (κ1) is 20.2. The second-order valence-corrected chi connectivity index (χ2v) is 5.51. The first-order valence-corrected chi connectivity index (χ1v) is 7.98. The Morgan fingerprint density at radius 2 is 1.86 bits per heavy atom. The van der Waals surface area contributed by atoms with Gasteiger partial charge in [-0.05, 0) is 36.8 Å². The fourth-order valence-corrected chi connectivity index (χ4v) is 2.16. The molecule has 2 aromatic rings. The number of nitro groups is 2. The fraction of sp³-hybridized carbons (Fsp3) is 0.111. The summed E-state index contributed by atoms with van der Waals surface area (Å²) in [7, 11) is 0. The third-order valence-electron chi connectivity index (χ3n) is 3.43. The molecule has 0 fully saturated rings. The van der Waals surface area contributed by atoms with Gasteiger partial charge in [-0.25, -0.2) is 5.43 Å². The van der Waals surface area contributed by atoms with Gasteiger partial charge in [-0.2, -0.15) is 5.10 Å². The first-order chi connectivity index (χ1) is 13.4.